The van der Waals surface area contributed by atoms with Gasteiger partial charge in [0.1, 0.15) is 0 Å². The van der Waals surface area contributed by atoms with Gasteiger partial charge in [0.05, 0.1) is 0 Å². The van der Waals surface area contributed by atoms with Gasteiger partial charge in [0.2, 0.25) is 0 Å². The molecular formula is C6H14P2. The van der Waals surface area contributed by atoms with Crippen molar-refractivity contribution in [2.24, 2.45) is 0 Å². The van der Waals surface area contributed by atoms with Gasteiger partial charge in [0.25, 0.3) is 0 Å². The summed E-state index contributed by atoms with van der Waals surface area (Å²) in [6.07, 6.45) is 0. The van der Waals surface area contributed by atoms with Crippen molar-refractivity contribution in [1.29, 1.82) is 0 Å². The van der Waals surface area contributed by atoms with Gasteiger partial charge in [-0.25, -0.2) is 0 Å². The molecule has 0 radical (unpaired) electrons. The average Bonchev–Trinajstić information content (AvgIpc) is 1.61. The zero-order chi connectivity index (χ0) is 6.57. The first-order chi connectivity index (χ1) is 3.63. The molecule has 0 unspecified atom stereocenters. The molecule has 0 heterocycles. The number of rotatable bonds is 2. The van der Waals surface area contributed by atoms with Crippen LogP contribution in [0, 0.1) is 0 Å². The Bertz CT molecular complexity index is 64.6. The van der Waals surface area contributed by atoms with Gasteiger partial charge >= 0.3 is 0 Å². The lowest BCUT2D eigenvalue weighted by Gasteiger charge is -1.96. The van der Waals surface area contributed by atoms with Crippen LogP contribution in [-0.4, -0.2) is 26.7 Å². The monoisotopic (exact) mass is 148 g/mol. The van der Waals surface area contributed by atoms with E-state index >= 15 is 0 Å². The van der Waals surface area contributed by atoms with Crippen LogP contribution >= 0.6 is 15.8 Å². The Morgan fingerprint density at radius 3 is 1.12 bits per heavy atom. The highest BCUT2D eigenvalue weighted by Crippen LogP contribution is 2.34. The summed E-state index contributed by atoms with van der Waals surface area (Å²) in [5, 5.41) is 0. The van der Waals surface area contributed by atoms with Crippen LogP contribution < -0.4 is 0 Å². The van der Waals surface area contributed by atoms with Gasteiger partial charge in [0, 0.05) is 0 Å². The maximum Gasteiger partial charge on any atom is -0.0412 e. The average molecular weight is 148 g/mol. The van der Waals surface area contributed by atoms with E-state index in [4.69, 9.17) is 0 Å². The summed E-state index contributed by atoms with van der Waals surface area (Å²) in [4.78, 5) is 0. The molecule has 0 atom stereocenters. The van der Waals surface area contributed by atoms with Crippen LogP contribution in [0.1, 0.15) is 0 Å². The van der Waals surface area contributed by atoms with E-state index in [1.807, 2.05) is 0 Å². The van der Waals surface area contributed by atoms with Crippen molar-refractivity contribution in [3.8, 4) is 0 Å². The highest BCUT2D eigenvalue weighted by atomic mass is 31.1. The molecule has 8 heavy (non-hydrogen) atoms. The summed E-state index contributed by atoms with van der Waals surface area (Å²) in [5.74, 6) is 4.67. The van der Waals surface area contributed by atoms with E-state index in [1.165, 1.54) is 0 Å². The SMILES string of the molecule is CP(C)/C=C\P(C)C. The standard InChI is InChI=1S/C6H14P2/c1-7(2)5-6-8(3)4/h5-6H,1-4H3/b6-5-. The van der Waals surface area contributed by atoms with E-state index in [-0.39, 0.29) is 15.8 Å². The highest BCUT2D eigenvalue weighted by molar-refractivity contribution is 7.63. The number of hydrogen-bond donors (Lipinski definition) is 0. The predicted molar refractivity (Wildman–Crippen MR) is 46.7 cm³/mol. The molecule has 0 aliphatic heterocycles. The quantitative estimate of drug-likeness (QED) is 0.528. The fraction of sp³-hybridized carbons (Fsp3) is 0.667. The van der Waals surface area contributed by atoms with Crippen LogP contribution in [0.15, 0.2) is 11.6 Å². The summed E-state index contributed by atoms with van der Waals surface area (Å²) in [5.41, 5.74) is 0. The lowest BCUT2D eigenvalue weighted by molar-refractivity contribution is 2.14. The first kappa shape index (κ1) is 8.60. The fourth-order valence-electron chi connectivity index (χ4n) is 0.267. The fourth-order valence-corrected chi connectivity index (χ4v) is 2.40. The molecule has 0 N–H and O–H groups in total. The van der Waals surface area contributed by atoms with E-state index in [2.05, 4.69) is 38.3 Å². The third-order valence-corrected chi connectivity index (χ3v) is 2.39. The van der Waals surface area contributed by atoms with Gasteiger partial charge in [-0.3, -0.25) is 0 Å². The lowest BCUT2D eigenvalue weighted by atomic mass is 11.2. The Morgan fingerprint density at radius 1 is 0.750 bits per heavy atom. The van der Waals surface area contributed by atoms with Gasteiger partial charge in [-0.05, 0) is 26.7 Å². The molecule has 0 aromatic heterocycles. The van der Waals surface area contributed by atoms with Crippen LogP contribution in [0.2, 0.25) is 0 Å². The minimum Gasteiger partial charge on any atom is -0.0896 e. The van der Waals surface area contributed by atoms with Gasteiger partial charge in [-0.15, -0.1) is 0 Å². The summed E-state index contributed by atoms with van der Waals surface area (Å²) >= 11 is 0. The smallest absolute Gasteiger partial charge is 0.0412 e. The van der Waals surface area contributed by atoms with Gasteiger partial charge in [-0.1, -0.05) is 27.5 Å². The molecule has 0 aromatic rings. The minimum absolute atomic E-state index is 0.203. The molecule has 0 rings (SSSR count). The Labute approximate surface area is 54.9 Å². The van der Waals surface area contributed by atoms with E-state index < -0.39 is 0 Å². The summed E-state index contributed by atoms with van der Waals surface area (Å²) in [7, 11) is 0.405. The molecule has 0 bridgehead atoms. The van der Waals surface area contributed by atoms with Crippen LogP contribution in [-0.2, 0) is 0 Å². The Balaban J connectivity index is 3.34. The van der Waals surface area contributed by atoms with Crippen LogP contribution in [0.4, 0.5) is 0 Å². The van der Waals surface area contributed by atoms with Crippen molar-refractivity contribution in [3.05, 3.63) is 11.6 Å². The van der Waals surface area contributed by atoms with Crippen molar-refractivity contribution < 1.29 is 0 Å². The third kappa shape index (κ3) is 6.60. The van der Waals surface area contributed by atoms with E-state index in [1.54, 1.807) is 0 Å². The van der Waals surface area contributed by atoms with Crippen molar-refractivity contribution in [2.45, 2.75) is 0 Å². The summed E-state index contributed by atoms with van der Waals surface area (Å²) in [6, 6.07) is 0. The Hall–Kier alpha value is 0.600. The zero-order valence-corrected chi connectivity index (χ0v) is 7.84. The van der Waals surface area contributed by atoms with E-state index in [9.17, 15) is 0 Å². The second kappa shape index (κ2) is 4.48. The lowest BCUT2D eigenvalue weighted by Crippen LogP contribution is -1.57. The second-order valence-corrected chi connectivity index (χ2v) is 6.68. The normalized spacial score (nSPS) is 12.2. The molecule has 0 saturated heterocycles. The molecule has 0 fully saturated rings. The second-order valence-electron chi connectivity index (χ2n) is 2.23. The van der Waals surface area contributed by atoms with Crippen LogP contribution in [0.3, 0.4) is 0 Å². The van der Waals surface area contributed by atoms with Gasteiger partial charge in [-0.2, -0.15) is 0 Å². The molecule has 0 aliphatic rings. The summed E-state index contributed by atoms with van der Waals surface area (Å²) in [6.45, 7) is 9.07. The Morgan fingerprint density at radius 2 is 1.00 bits per heavy atom. The molecular weight excluding hydrogens is 134 g/mol. The first-order valence-electron chi connectivity index (χ1n) is 2.64. The maximum absolute atomic E-state index is 2.33. The molecule has 2 heteroatoms. The molecule has 0 spiro atoms. The molecule has 0 amide bonds. The Kier molecular flexibility index (Phi) is 4.81. The topological polar surface area (TPSA) is 0 Å². The minimum atomic E-state index is 0.203. The molecule has 0 nitrogen and oxygen atoms in total. The van der Waals surface area contributed by atoms with Crippen molar-refractivity contribution in [1.82, 2.24) is 0 Å². The number of hydrogen-bond acceptors (Lipinski definition) is 0. The molecule has 0 aliphatic carbocycles. The maximum atomic E-state index is 2.33. The van der Waals surface area contributed by atoms with E-state index in [0.29, 0.717) is 0 Å². The van der Waals surface area contributed by atoms with E-state index in [0.717, 1.165) is 0 Å². The summed E-state index contributed by atoms with van der Waals surface area (Å²) < 4.78 is 0. The van der Waals surface area contributed by atoms with Gasteiger partial charge < -0.3 is 0 Å². The predicted octanol–water partition coefficient (Wildman–Crippen LogP) is 2.94. The van der Waals surface area contributed by atoms with Crippen LogP contribution in [0.25, 0.3) is 0 Å². The first-order valence-corrected chi connectivity index (χ1v) is 7.25. The molecule has 0 aromatic carbocycles. The van der Waals surface area contributed by atoms with Crippen molar-refractivity contribution >= 4 is 15.8 Å². The zero-order valence-electron chi connectivity index (χ0n) is 6.05. The molecule has 48 valence electrons. The third-order valence-electron chi connectivity index (χ3n) is 0.663. The van der Waals surface area contributed by atoms with Gasteiger partial charge in [0.15, 0.2) is 0 Å². The van der Waals surface area contributed by atoms with Crippen molar-refractivity contribution in [3.63, 3.8) is 0 Å². The van der Waals surface area contributed by atoms with Crippen molar-refractivity contribution in [2.75, 3.05) is 26.7 Å². The largest absolute Gasteiger partial charge is 0.0896 e. The van der Waals surface area contributed by atoms with Crippen LogP contribution in [0.5, 0.6) is 0 Å². The highest BCUT2D eigenvalue weighted by Gasteiger charge is 1.83. The molecule has 0 saturated carbocycles.